The summed E-state index contributed by atoms with van der Waals surface area (Å²) in [7, 11) is 0. The van der Waals surface area contributed by atoms with Crippen molar-refractivity contribution in [2.75, 3.05) is 11.1 Å². The van der Waals surface area contributed by atoms with Crippen LogP contribution in [-0.4, -0.2) is 23.2 Å². The first-order chi connectivity index (χ1) is 8.80. The fourth-order valence-corrected chi connectivity index (χ4v) is 2.18. The van der Waals surface area contributed by atoms with Crippen molar-refractivity contribution in [2.24, 2.45) is 0 Å². The number of halogens is 4. The molecule has 9 heteroatoms. The van der Waals surface area contributed by atoms with Gasteiger partial charge in [-0.1, -0.05) is 11.3 Å². The van der Waals surface area contributed by atoms with Crippen LogP contribution in [0.1, 0.15) is 0 Å². The number of hydrogen-bond acceptors (Lipinski definition) is 4. The van der Waals surface area contributed by atoms with Crippen LogP contribution >= 0.6 is 11.3 Å². The number of nitrogens with two attached hydrogens (primary N) is 1. The average Bonchev–Trinajstić information content (AvgIpc) is 2.69. The molecular weight excluding hydrogens is 286 g/mol. The summed E-state index contributed by atoms with van der Waals surface area (Å²) in [5.41, 5.74) is 6.38. The second-order valence-corrected chi connectivity index (χ2v) is 4.65. The first-order valence-corrected chi connectivity index (χ1v) is 5.76. The second kappa shape index (κ2) is 4.65. The van der Waals surface area contributed by atoms with Gasteiger partial charge in [-0.15, -0.1) is 0 Å². The van der Waals surface area contributed by atoms with E-state index < -0.39 is 18.3 Å². The van der Waals surface area contributed by atoms with Gasteiger partial charge in [0.2, 0.25) is 0 Å². The van der Waals surface area contributed by atoms with E-state index in [0.29, 0.717) is 15.9 Å². The first-order valence-electron chi connectivity index (χ1n) is 4.94. The Kier molecular flexibility index (Phi) is 3.31. The van der Waals surface area contributed by atoms with Gasteiger partial charge >= 0.3 is 18.3 Å². The fourth-order valence-electron chi connectivity index (χ4n) is 1.27. The number of hydrogen-bond donors (Lipinski definition) is 2. The van der Waals surface area contributed by atoms with E-state index in [0.717, 1.165) is 11.3 Å². The Morgan fingerprint density at radius 3 is 2.74 bits per heavy atom. The van der Waals surface area contributed by atoms with Crippen molar-refractivity contribution in [1.29, 1.82) is 0 Å². The number of amides is 1. The molecule has 1 amide bonds. The number of benzene rings is 1. The van der Waals surface area contributed by atoms with Crippen molar-refractivity contribution in [3.05, 3.63) is 18.2 Å². The Morgan fingerprint density at radius 2 is 2.11 bits per heavy atom. The third-order valence-electron chi connectivity index (χ3n) is 2.21. The van der Waals surface area contributed by atoms with Gasteiger partial charge in [-0.05, 0) is 18.2 Å². The van der Waals surface area contributed by atoms with Gasteiger partial charge < -0.3 is 5.73 Å². The SMILES string of the molecule is Nc1ccc2nc(NC(=O)C(F)(F)C(F)F)sc2c1. The number of nitrogen functional groups attached to an aromatic ring is 1. The molecule has 1 aromatic carbocycles. The standard InChI is InChI=1S/C10H7F4N3OS/c11-7(12)10(13,14)8(18)17-9-16-5-2-1-4(15)3-6(5)19-9/h1-3,7H,15H2,(H,16,17,18). The van der Waals surface area contributed by atoms with Crippen LogP contribution in [0.25, 0.3) is 10.2 Å². The summed E-state index contributed by atoms with van der Waals surface area (Å²) < 4.78 is 50.0. The minimum atomic E-state index is -4.75. The van der Waals surface area contributed by atoms with Crippen LogP contribution in [0.2, 0.25) is 0 Å². The summed E-state index contributed by atoms with van der Waals surface area (Å²) in [6.07, 6.45) is -4.07. The number of nitrogens with one attached hydrogen (secondary N) is 1. The molecule has 0 aliphatic carbocycles. The third kappa shape index (κ3) is 2.60. The topological polar surface area (TPSA) is 68.0 Å². The number of anilines is 2. The number of rotatable bonds is 3. The molecule has 0 spiro atoms. The van der Waals surface area contributed by atoms with Crippen molar-refractivity contribution < 1.29 is 22.4 Å². The van der Waals surface area contributed by atoms with E-state index in [1.165, 1.54) is 12.1 Å². The van der Waals surface area contributed by atoms with E-state index >= 15 is 0 Å². The highest BCUT2D eigenvalue weighted by molar-refractivity contribution is 7.22. The predicted molar refractivity (Wildman–Crippen MR) is 63.6 cm³/mol. The van der Waals surface area contributed by atoms with Crippen LogP contribution in [0, 0.1) is 0 Å². The molecule has 102 valence electrons. The molecule has 3 N–H and O–H groups in total. The van der Waals surface area contributed by atoms with Gasteiger partial charge in [0, 0.05) is 5.69 Å². The first kappa shape index (κ1) is 13.5. The van der Waals surface area contributed by atoms with E-state index in [1.807, 2.05) is 0 Å². The average molecular weight is 293 g/mol. The van der Waals surface area contributed by atoms with E-state index in [9.17, 15) is 22.4 Å². The van der Waals surface area contributed by atoms with Crippen molar-refractivity contribution in [1.82, 2.24) is 4.98 Å². The lowest BCUT2D eigenvalue weighted by atomic mass is 10.3. The Morgan fingerprint density at radius 1 is 1.42 bits per heavy atom. The molecule has 4 nitrogen and oxygen atoms in total. The Labute approximate surface area is 108 Å². The highest BCUT2D eigenvalue weighted by Crippen LogP contribution is 2.30. The molecule has 2 aromatic rings. The number of nitrogens with zero attached hydrogens (tertiary/aromatic N) is 1. The van der Waals surface area contributed by atoms with Crippen LogP contribution in [0.15, 0.2) is 18.2 Å². The molecule has 0 saturated heterocycles. The zero-order chi connectivity index (χ0) is 14.2. The van der Waals surface area contributed by atoms with Crippen LogP contribution in [0.3, 0.4) is 0 Å². The number of carbonyl (C=O) groups excluding carboxylic acids is 1. The third-order valence-corrected chi connectivity index (χ3v) is 3.14. The van der Waals surface area contributed by atoms with E-state index in [4.69, 9.17) is 5.73 Å². The highest BCUT2D eigenvalue weighted by Gasteiger charge is 2.49. The van der Waals surface area contributed by atoms with Gasteiger partial charge in [0.1, 0.15) is 0 Å². The van der Waals surface area contributed by atoms with Crippen LogP contribution in [-0.2, 0) is 4.79 Å². The largest absolute Gasteiger partial charge is 0.399 e. The number of fused-ring (bicyclic) bond motifs is 1. The fraction of sp³-hybridized carbons (Fsp3) is 0.200. The maximum atomic E-state index is 12.7. The zero-order valence-electron chi connectivity index (χ0n) is 9.16. The molecule has 1 heterocycles. The number of carbonyl (C=O) groups is 1. The predicted octanol–water partition coefficient (Wildman–Crippen LogP) is 2.72. The molecule has 0 aliphatic heterocycles. The number of alkyl halides is 4. The van der Waals surface area contributed by atoms with Crippen molar-refractivity contribution >= 4 is 38.3 Å². The Bertz CT molecular complexity index is 628. The quantitative estimate of drug-likeness (QED) is 0.675. The summed E-state index contributed by atoms with van der Waals surface area (Å²) in [6, 6.07) is 4.61. The number of aromatic nitrogens is 1. The van der Waals surface area contributed by atoms with Crippen molar-refractivity contribution in [3.63, 3.8) is 0 Å². The molecule has 0 unspecified atom stereocenters. The minimum absolute atomic E-state index is 0.189. The zero-order valence-corrected chi connectivity index (χ0v) is 9.98. The molecular formula is C10H7F4N3OS. The van der Waals surface area contributed by atoms with Gasteiger partial charge in [0.25, 0.3) is 0 Å². The molecule has 0 aliphatic rings. The monoisotopic (exact) mass is 293 g/mol. The summed E-state index contributed by atoms with van der Waals surface area (Å²) in [6.45, 7) is 0. The molecule has 0 fully saturated rings. The van der Waals surface area contributed by atoms with Crippen molar-refractivity contribution in [3.8, 4) is 0 Å². The van der Waals surface area contributed by atoms with Crippen LogP contribution in [0.5, 0.6) is 0 Å². The highest BCUT2D eigenvalue weighted by atomic mass is 32.1. The Hall–Kier alpha value is -1.90. The van der Waals surface area contributed by atoms with Crippen LogP contribution < -0.4 is 11.1 Å². The van der Waals surface area contributed by atoms with E-state index in [-0.39, 0.29) is 5.13 Å². The lowest BCUT2D eigenvalue weighted by Gasteiger charge is -2.13. The van der Waals surface area contributed by atoms with Gasteiger partial charge in [0.15, 0.2) is 5.13 Å². The van der Waals surface area contributed by atoms with Crippen LogP contribution in [0.4, 0.5) is 28.4 Å². The smallest absolute Gasteiger partial charge is 0.383 e. The summed E-state index contributed by atoms with van der Waals surface area (Å²) >= 11 is 0.866. The number of thiazole rings is 1. The lowest BCUT2D eigenvalue weighted by Crippen LogP contribution is -2.40. The van der Waals surface area contributed by atoms with Gasteiger partial charge in [-0.2, -0.15) is 8.78 Å². The summed E-state index contributed by atoms with van der Waals surface area (Å²) in [4.78, 5) is 14.8. The molecule has 0 saturated carbocycles. The van der Waals surface area contributed by atoms with Gasteiger partial charge in [0.05, 0.1) is 10.2 Å². The molecule has 2 rings (SSSR count). The minimum Gasteiger partial charge on any atom is -0.399 e. The summed E-state index contributed by atoms with van der Waals surface area (Å²) in [5, 5.41) is 1.48. The maximum absolute atomic E-state index is 12.7. The molecule has 0 radical (unpaired) electrons. The van der Waals surface area contributed by atoms with Gasteiger partial charge in [-0.3, -0.25) is 10.1 Å². The maximum Gasteiger partial charge on any atom is 0.383 e. The normalized spacial score (nSPS) is 12.1. The summed E-state index contributed by atoms with van der Waals surface area (Å²) in [5.74, 6) is -6.84. The lowest BCUT2D eigenvalue weighted by molar-refractivity contribution is -0.163. The molecule has 1 aromatic heterocycles. The van der Waals surface area contributed by atoms with E-state index in [2.05, 4.69) is 4.98 Å². The van der Waals surface area contributed by atoms with Crippen molar-refractivity contribution in [2.45, 2.75) is 12.3 Å². The Balaban J connectivity index is 2.24. The second-order valence-electron chi connectivity index (χ2n) is 3.62. The van der Waals surface area contributed by atoms with Gasteiger partial charge in [-0.25, -0.2) is 13.8 Å². The molecule has 0 bridgehead atoms. The van der Waals surface area contributed by atoms with E-state index in [1.54, 1.807) is 11.4 Å². The molecule has 0 atom stereocenters. The molecule has 19 heavy (non-hydrogen) atoms.